The smallest absolute Gasteiger partial charge is 0.00132 e. The van der Waals surface area contributed by atoms with Crippen molar-refractivity contribution in [1.82, 2.24) is 0 Å². The van der Waals surface area contributed by atoms with Crippen LogP contribution in [0.2, 0.25) is 0 Å². The van der Waals surface area contributed by atoms with Gasteiger partial charge < -0.3 is 0 Å². The second kappa shape index (κ2) is 4.70. The summed E-state index contributed by atoms with van der Waals surface area (Å²) in [5.74, 6) is 0. The van der Waals surface area contributed by atoms with E-state index in [2.05, 4.69) is 73.7 Å². The predicted molar refractivity (Wildman–Crippen MR) is 99.1 cm³/mol. The lowest BCUT2D eigenvalue weighted by Crippen LogP contribution is -1.86. The third-order valence-electron chi connectivity index (χ3n) is 5.24. The molecule has 5 rings (SSSR count). The lowest BCUT2D eigenvalue weighted by molar-refractivity contribution is 1.15. The van der Waals surface area contributed by atoms with Crippen LogP contribution in [0.4, 0.5) is 0 Å². The summed E-state index contributed by atoms with van der Waals surface area (Å²) in [5.41, 5.74) is 7.18. The molecule has 0 unspecified atom stereocenters. The molecule has 0 aliphatic heterocycles. The lowest BCUT2D eigenvalue weighted by atomic mass is 9.93. The van der Waals surface area contributed by atoms with E-state index in [1.165, 1.54) is 49.4 Å². The summed E-state index contributed by atoms with van der Waals surface area (Å²) < 4.78 is 0. The second-order valence-corrected chi connectivity index (χ2v) is 6.50. The van der Waals surface area contributed by atoms with Gasteiger partial charge in [-0.05, 0) is 62.2 Å². The van der Waals surface area contributed by atoms with Gasteiger partial charge in [-0.2, -0.15) is 0 Å². The van der Waals surface area contributed by atoms with Gasteiger partial charge >= 0.3 is 0 Å². The summed E-state index contributed by atoms with van der Waals surface area (Å²) in [5, 5.41) is 5.49. The number of aryl methyl sites for hydroxylation is 1. The minimum atomic E-state index is 1.06. The molecule has 4 aromatic rings. The molecule has 1 aliphatic carbocycles. The minimum absolute atomic E-state index is 1.06. The highest BCUT2D eigenvalue weighted by Gasteiger charge is 2.20. The Morgan fingerprint density at radius 1 is 0.739 bits per heavy atom. The van der Waals surface area contributed by atoms with E-state index in [9.17, 15) is 0 Å². The van der Waals surface area contributed by atoms with Crippen LogP contribution in [0.5, 0.6) is 0 Å². The Hall–Kier alpha value is -2.60. The molecule has 0 atom stereocenters. The van der Waals surface area contributed by atoms with Gasteiger partial charge in [0.05, 0.1) is 0 Å². The van der Waals surface area contributed by atoms with Crippen molar-refractivity contribution in [2.24, 2.45) is 0 Å². The van der Waals surface area contributed by atoms with Gasteiger partial charge in [-0.1, -0.05) is 73.7 Å². The van der Waals surface area contributed by atoms with Crippen molar-refractivity contribution >= 4 is 21.5 Å². The van der Waals surface area contributed by atoms with Crippen molar-refractivity contribution in [3.8, 4) is 11.1 Å². The Morgan fingerprint density at radius 2 is 1.57 bits per heavy atom. The molecule has 0 N–H and O–H groups in total. The first kappa shape index (κ1) is 12.9. The van der Waals surface area contributed by atoms with Crippen molar-refractivity contribution in [1.29, 1.82) is 0 Å². The zero-order valence-electron chi connectivity index (χ0n) is 13.3. The standard InChI is InChI=1S/C23H18/c1-2-15-7-10-19-17(13-15)8-12-22-21(19)11-9-18-14-16-5-3-4-6-20(16)23(18)22/h3-13H,2,14H2,1H3. The quantitative estimate of drug-likeness (QED) is 0.326. The fraction of sp³-hybridized carbons (Fsp3) is 0.130. The molecule has 4 aromatic carbocycles. The van der Waals surface area contributed by atoms with Crippen LogP contribution in [-0.4, -0.2) is 0 Å². The Balaban J connectivity index is 1.88. The van der Waals surface area contributed by atoms with Crippen LogP contribution < -0.4 is 0 Å². The minimum Gasteiger partial charge on any atom is -0.0619 e. The average Bonchev–Trinajstić information content (AvgIpc) is 2.99. The number of fused-ring (bicyclic) bond motifs is 7. The van der Waals surface area contributed by atoms with Gasteiger partial charge in [0, 0.05) is 0 Å². The van der Waals surface area contributed by atoms with E-state index in [1.807, 2.05) is 0 Å². The van der Waals surface area contributed by atoms with E-state index in [0.29, 0.717) is 0 Å². The van der Waals surface area contributed by atoms with E-state index < -0.39 is 0 Å². The van der Waals surface area contributed by atoms with Crippen LogP contribution in [0.15, 0.2) is 66.7 Å². The zero-order valence-corrected chi connectivity index (χ0v) is 13.3. The number of hydrogen-bond acceptors (Lipinski definition) is 0. The first-order valence-corrected chi connectivity index (χ1v) is 8.40. The fourth-order valence-electron chi connectivity index (χ4n) is 4.05. The molecule has 0 saturated carbocycles. The molecule has 0 spiro atoms. The van der Waals surface area contributed by atoms with Gasteiger partial charge in [0.25, 0.3) is 0 Å². The molecule has 110 valence electrons. The Morgan fingerprint density at radius 3 is 2.48 bits per heavy atom. The van der Waals surface area contributed by atoms with Crippen LogP contribution in [0, 0.1) is 0 Å². The topological polar surface area (TPSA) is 0 Å². The summed E-state index contributed by atoms with van der Waals surface area (Å²) in [6.45, 7) is 2.21. The van der Waals surface area contributed by atoms with Crippen LogP contribution in [0.25, 0.3) is 32.7 Å². The van der Waals surface area contributed by atoms with Crippen molar-refractivity contribution in [2.45, 2.75) is 19.8 Å². The van der Waals surface area contributed by atoms with Crippen LogP contribution in [0.1, 0.15) is 23.6 Å². The highest BCUT2D eigenvalue weighted by Crippen LogP contribution is 2.42. The Labute approximate surface area is 136 Å². The number of rotatable bonds is 1. The molecule has 0 fully saturated rings. The maximum atomic E-state index is 2.33. The summed E-state index contributed by atoms with van der Waals surface area (Å²) >= 11 is 0. The van der Waals surface area contributed by atoms with Gasteiger partial charge in [-0.15, -0.1) is 0 Å². The maximum Gasteiger partial charge on any atom is -0.00132 e. The summed E-state index contributed by atoms with van der Waals surface area (Å²) in [6.07, 6.45) is 2.15. The van der Waals surface area contributed by atoms with E-state index in [0.717, 1.165) is 12.8 Å². The molecule has 0 aromatic heterocycles. The first-order valence-electron chi connectivity index (χ1n) is 8.40. The third kappa shape index (κ3) is 1.78. The van der Waals surface area contributed by atoms with Crippen molar-refractivity contribution in [2.75, 3.05) is 0 Å². The van der Waals surface area contributed by atoms with Gasteiger partial charge in [-0.25, -0.2) is 0 Å². The van der Waals surface area contributed by atoms with E-state index in [1.54, 1.807) is 0 Å². The fourth-order valence-corrected chi connectivity index (χ4v) is 4.05. The molecule has 0 nitrogen and oxygen atoms in total. The van der Waals surface area contributed by atoms with E-state index in [4.69, 9.17) is 0 Å². The molecule has 23 heavy (non-hydrogen) atoms. The monoisotopic (exact) mass is 294 g/mol. The van der Waals surface area contributed by atoms with Gasteiger partial charge in [0.15, 0.2) is 0 Å². The molecular weight excluding hydrogens is 276 g/mol. The Kier molecular flexibility index (Phi) is 2.63. The van der Waals surface area contributed by atoms with Gasteiger partial charge in [0.2, 0.25) is 0 Å². The molecule has 0 saturated heterocycles. The second-order valence-electron chi connectivity index (χ2n) is 6.50. The number of hydrogen-bond donors (Lipinski definition) is 0. The highest BCUT2D eigenvalue weighted by molar-refractivity contribution is 6.13. The first-order chi connectivity index (χ1) is 11.3. The van der Waals surface area contributed by atoms with Crippen LogP contribution in [0.3, 0.4) is 0 Å². The molecule has 0 heteroatoms. The largest absolute Gasteiger partial charge is 0.0619 e. The summed E-state index contributed by atoms with van der Waals surface area (Å²) in [6, 6.07) is 25.0. The molecule has 0 heterocycles. The third-order valence-corrected chi connectivity index (χ3v) is 5.24. The maximum absolute atomic E-state index is 2.33. The SMILES string of the molecule is CCc1ccc2c(ccc3c4c(ccc32)Cc2ccccc2-4)c1. The molecule has 0 bridgehead atoms. The van der Waals surface area contributed by atoms with Gasteiger partial charge in [0.1, 0.15) is 0 Å². The Bertz CT molecular complexity index is 1070. The highest BCUT2D eigenvalue weighted by atomic mass is 14.2. The van der Waals surface area contributed by atoms with Crippen LogP contribution in [-0.2, 0) is 12.8 Å². The van der Waals surface area contributed by atoms with E-state index in [-0.39, 0.29) is 0 Å². The summed E-state index contributed by atoms with van der Waals surface area (Å²) in [4.78, 5) is 0. The van der Waals surface area contributed by atoms with Crippen molar-refractivity contribution in [3.63, 3.8) is 0 Å². The van der Waals surface area contributed by atoms with Crippen molar-refractivity contribution < 1.29 is 0 Å². The molecule has 0 amide bonds. The molecular formula is C23H18. The van der Waals surface area contributed by atoms with E-state index >= 15 is 0 Å². The summed E-state index contributed by atoms with van der Waals surface area (Å²) in [7, 11) is 0. The lowest BCUT2D eigenvalue weighted by Gasteiger charge is -2.10. The normalized spacial score (nSPS) is 12.6. The zero-order chi connectivity index (χ0) is 15.4. The molecule has 0 radical (unpaired) electrons. The van der Waals surface area contributed by atoms with Crippen molar-refractivity contribution in [3.05, 3.63) is 83.4 Å². The molecule has 1 aliphatic rings. The number of benzene rings is 4. The average molecular weight is 294 g/mol. The van der Waals surface area contributed by atoms with Gasteiger partial charge in [-0.3, -0.25) is 0 Å². The predicted octanol–water partition coefficient (Wildman–Crippen LogP) is 6.13. The van der Waals surface area contributed by atoms with Crippen LogP contribution >= 0.6 is 0 Å².